The number of rotatable bonds is 51. The summed E-state index contributed by atoms with van der Waals surface area (Å²) >= 11 is 0. The largest absolute Gasteiger partial charge is 0.428 e. The molecule has 0 aliphatic carbocycles. The Kier molecular flexibility index (Phi) is 39.1. The van der Waals surface area contributed by atoms with Crippen LogP contribution in [0.1, 0.15) is 123 Å². The van der Waals surface area contributed by atoms with Crippen molar-refractivity contribution in [2.24, 2.45) is 5.41 Å². The Balaban J connectivity index is 1.10. The van der Waals surface area contributed by atoms with Crippen LogP contribution in [0.2, 0.25) is 0 Å². The summed E-state index contributed by atoms with van der Waals surface area (Å²) in [5.74, 6) is -11.2. The van der Waals surface area contributed by atoms with Gasteiger partial charge in [0, 0.05) is 120 Å². The van der Waals surface area contributed by atoms with Gasteiger partial charge in [0.25, 0.3) is 29.5 Å². The summed E-state index contributed by atoms with van der Waals surface area (Å²) in [4.78, 5) is 201. The van der Waals surface area contributed by atoms with Crippen molar-refractivity contribution >= 4 is 105 Å². The lowest BCUT2D eigenvalue weighted by atomic mass is 9.92. The summed E-state index contributed by atoms with van der Waals surface area (Å²) in [6.45, 7) is 0.128. The molecule has 5 aromatic carbocycles. The van der Waals surface area contributed by atoms with Gasteiger partial charge in [0.05, 0.1) is 104 Å². The average molecular weight is 1660 g/mol. The predicted octanol–water partition coefficient (Wildman–Crippen LogP) is 3.70. The second-order valence-corrected chi connectivity index (χ2v) is 27.9. The molecule has 3 unspecified atom stereocenters. The van der Waals surface area contributed by atoms with Gasteiger partial charge >= 0.3 is 35.8 Å². The summed E-state index contributed by atoms with van der Waals surface area (Å²) in [6, 6.07) is 30.1. The van der Waals surface area contributed by atoms with E-state index < -0.39 is 193 Å². The highest BCUT2D eigenvalue weighted by atomic mass is 16.7. The molecule has 0 saturated carbocycles. The van der Waals surface area contributed by atoms with Gasteiger partial charge in [-0.15, -0.1) is 0 Å². The van der Waals surface area contributed by atoms with Crippen LogP contribution in [-0.4, -0.2) is 273 Å². The van der Waals surface area contributed by atoms with Crippen LogP contribution in [-0.2, 0) is 129 Å². The molecule has 2 aliphatic rings. The lowest BCUT2D eigenvalue weighted by Gasteiger charge is -2.37. The van der Waals surface area contributed by atoms with Gasteiger partial charge in [-0.3, -0.25) is 92.4 Å². The number of hydrogen-bond acceptors (Lipinski definition) is 29. The molecule has 3 atom stereocenters. The number of hydrogen-bond donors (Lipinski definition) is 6. The van der Waals surface area contributed by atoms with Gasteiger partial charge < -0.3 is 73.1 Å². The van der Waals surface area contributed by atoms with E-state index in [0.717, 1.165) is 38.3 Å². The molecule has 2 heterocycles. The molecule has 6 N–H and O–H groups in total. The van der Waals surface area contributed by atoms with Crippen molar-refractivity contribution in [1.29, 1.82) is 0 Å². The lowest BCUT2D eigenvalue weighted by molar-refractivity contribution is -0.175. The van der Waals surface area contributed by atoms with Crippen molar-refractivity contribution in [3.05, 3.63) is 149 Å². The molecule has 5 aromatic rings. The second kappa shape index (κ2) is 49.4. The van der Waals surface area contributed by atoms with Crippen molar-refractivity contribution < 1.29 is 135 Å². The smallest absolute Gasteiger partial charge is 0.310 e. The Morgan fingerprint density at radius 1 is 0.429 bits per heavy atom. The van der Waals surface area contributed by atoms with Gasteiger partial charge in [-0.2, -0.15) is 0 Å². The van der Waals surface area contributed by atoms with Crippen molar-refractivity contribution in [2.45, 2.75) is 123 Å². The minimum absolute atomic E-state index is 0.129. The summed E-state index contributed by atoms with van der Waals surface area (Å²) in [6.07, 6.45) is -1.99. The number of esters is 6. The first-order valence-corrected chi connectivity index (χ1v) is 38.8. The average Bonchev–Trinajstić information content (AvgIpc) is 0.735. The minimum Gasteiger partial charge on any atom is -0.428 e. The van der Waals surface area contributed by atoms with Gasteiger partial charge in [-0.05, 0) is 41.3 Å². The number of hydroxylamine groups is 6. The number of imide groups is 1. The molecule has 0 aromatic heterocycles. The van der Waals surface area contributed by atoms with E-state index in [1.807, 2.05) is 19.1 Å². The molecule has 119 heavy (non-hydrogen) atoms. The quantitative estimate of drug-likeness (QED) is 0.00615. The van der Waals surface area contributed by atoms with Crippen LogP contribution in [0.25, 0.3) is 10.8 Å². The van der Waals surface area contributed by atoms with E-state index in [2.05, 4.69) is 35.1 Å². The molecule has 2 aliphatic heterocycles. The van der Waals surface area contributed by atoms with Crippen molar-refractivity contribution in [3.8, 4) is 0 Å². The van der Waals surface area contributed by atoms with E-state index in [1.54, 1.807) is 114 Å². The fourth-order valence-electron chi connectivity index (χ4n) is 12.5. The Morgan fingerprint density at radius 2 is 0.782 bits per heavy atom. The van der Waals surface area contributed by atoms with E-state index in [4.69, 9.17) is 33.2 Å². The van der Waals surface area contributed by atoms with Crippen LogP contribution in [0.3, 0.4) is 0 Å². The number of carbonyl (C=O) groups is 15. The molecule has 0 bridgehead atoms. The zero-order valence-electron chi connectivity index (χ0n) is 66.9. The monoisotopic (exact) mass is 1660 g/mol. The molecular weight excluding hydrogens is 1560 g/mol. The summed E-state index contributed by atoms with van der Waals surface area (Å²) < 4.78 is 53.4. The van der Waals surface area contributed by atoms with Crippen LogP contribution < -0.4 is 20.9 Å². The van der Waals surface area contributed by atoms with Gasteiger partial charge in [0.15, 0.2) is 0 Å². The topological polar surface area (TPSA) is 465 Å². The zero-order chi connectivity index (χ0) is 86.2. The Bertz CT molecular complexity index is 3950. The van der Waals surface area contributed by atoms with Gasteiger partial charge in [0.2, 0.25) is 44.0 Å². The standard InChI is InChI=1S/C82H103N9O28/c1-5-6-34-88-77(102)63-24-16-23-62-68(26-25-64(76(62)63)78(88)103)86-38-40-87(41-39-86)72(98)33-45-113-52-82(49-110-42-30-69(95)83-65(46-59-17-10-7-11-18-59)79(104)89(107)35-27-73(99)117-53-114-56(2)92,50-111-43-31-70(96)84-66(47-60-19-12-8-13-20-60)80(105)90(108)36-28-74(100)118-54-115-57(3)93)51-112-44-32-71(97)85-67(48-61-21-14-9-15-22-61)81(106)91(109)37-29-75(101)119-55-116-58(4)94/h7-26,65-67,107-109H,5-6,27-55H2,1-4H3,(H,83,95)(H,84,96)(H,85,97). The number of anilines is 1. The van der Waals surface area contributed by atoms with Crippen LogP contribution in [0.5, 0.6) is 0 Å². The molecule has 1 fully saturated rings. The molecule has 0 radical (unpaired) electrons. The van der Waals surface area contributed by atoms with Crippen LogP contribution in [0.15, 0.2) is 121 Å². The third-order valence-electron chi connectivity index (χ3n) is 18.7. The van der Waals surface area contributed by atoms with Crippen LogP contribution >= 0.6 is 0 Å². The Morgan fingerprint density at radius 3 is 1.13 bits per heavy atom. The molecule has 9 amide bonds. The normalized spacial score (nSPS) is 13.6. The maximum absolute atomic E-state index is 14.2. The third kappa shape index (κ3) is 31.8. The lowest BCUT2D eigenvalue weighted by Crippen LogP contribution is -2.49. The maximum Gasteiger partial charge on any atom is 0.310 e. The summed E-state index contributed by atoms with van der Waals surface area (Å²) in [5.41, 5.74) is 1.87. The molecule has 37 heteroatoms. The first kappa shape index (κ1) is 94.3. The highest BCUT2D eigenvalue weighted by molar-refractivity contribution is 6.27. The summed E-state index contributed by atoms with van der Waals surface area (Å²) in [7, 11) is 0. The second-order valence-electron chi connectivity index (χ2n) is 27.9. The SMILES string of the molecule is CCCCN1C(=O)c2cccc3c(N4CCN(C(=O)CCOCC(COCCC(=O)NC(Cc5ccccc5)C(=O)N(O)CCC(=O)OCOC(C)=O)(COCCC(=O)NC(Cc5ccccc5)C(=O)N(O)CCC(=O)OCOC(C)=O)COCCC(=O)NC(Cc5ccccc5)C(=O)N(O)CCC(=O)OCOC(C)=O)CC4)ccc(c23)C1=O. The molecule has 37 nitrogen and oxygen atoms in total. The number of carbonyl (C=O) groups excluding carboxylic acids is 15. The number of amides is 9. The molecule has 644 valence electrons. The highest BCUT2D eigenvalue weighted by Gasteiger charge is 2.37. The maximum atomic E-state index is 14.2. The molecule has 7 rings (SSSR count). The molecular formula is C82H103N9O28. The van der Waals surface area contributed by atoms with Crippen LogP contribution in [0.4, 0.5) is 5.69 Å². The number of unbranched alkanes of at least 4 members (excludes halogenated alkanes) is 1. The highest BCUT2D eigenvalue weighted by Crippen LogP contribution is 2.37. The Hall–Kier alpha value is -11.9. The fraction of sp³-hybridized carbons (Fsp3) is 0.476. The molecule has 1 saturated heterocycles. The summed E-state index contributed by atoms with van der Waals surface area (Å²) in [5, 5.41) is 42.6. The Labute approximate surface area is 686 Å². The van der Waals surface area contributed by atoms with Gasteiger partial charge in [-0.25, -0.2) is 15.2 Å². The van der Waals surface area contributed by atoms with E-state index >= 15 is 0 Å². The van der Waals surface area contributed by atoms with E-state index in [9.17, 15) is 87.5 Å². The number of piperazine rings is 1. The zero-order valence-corrected chi connectivity index (χ0v) is 66.9. The first-order valence-electron chi connectivity index (χ1n) is 38.8. The predicted molar refractivity (Wildman–Crippen MR) is 416 cm³/mol. The fourth-order valence-corrected chi connectivity index (χ4v) is 12.5. The number of nitrogens with one attached hydrogen (secondary N) is 3. The minimum atomic E-state index is -1.49. The van der Waals surface area contributed by atoms with Crippen LogP contribution in [0, 0.1) is 5.41 Å². The van der Waals surface area contributed by atoms with Crippen molar-refractivity contribution in [2.75, 3.05) is 130 Å². The van der Waals surface area contributed by atoms with Gasteiger partial charge in [0.1, 0.15) is 18.1 Å². The number of ether oxygens (including phenoxy) is 10. The van der Waals surface area contributed by atoms with Gasteiger partial charge in [-0.1, -0.05) is 116 Å². The van der Waals surface area contributed by atoms with E-state index in [1.165, 1.54) is 4.90 Å². The molecule has 0 spiro atoms. The van der Waals surface area contributed by atoms with E-state index in [-0.39, 0.29) is 105 Å². The van der Waals surface area contributed by atoms with Crippen molar-refractivity contribution in [1.82, 2.24) is 40.9 Å². The first-order chi connectivity index (χ1) is 57.1. The number of benzene rings is 5. The third-order valence-corrected chi connectivity index (χ3v) is 18.7. The van der Waals surface area contributed by atoms with Crippen molar-refractivity contribution in [3.63, 3.8) is 0 Å². The number of nitrogens with zero attached hydrogens (tertiary/aromatic N) is 6. The van der Waals surface area contributed by atoms with E-state index in [0.29, 0.717) is 59.3 Å².